The van der Waals surface area contributed by atoms with Gasteiger partial charge in [0.2, 0.25) is 0 Å². The summed E-state index contributed by atoms with van der Waals surface area (Å²) in [6, 6.07) is 0.623. The van der Waals surface area contributed by atoms with E-state index in [1.54, 1.807) is 0 Å². The quantitative estimate of drug-likeness (QED) is 0.728. The van der Waals surface area contributed by atoms with Gasteiger partial charge < -0.3 is 10.4 Å². The lowest BCUT2D eigenvalue weighted by Crippen LogP contribution is -2.43. The Bertz CT molecular complexity index is 141. The smallest absolute Gasteiger partial charge is 0.0636 e. The van der Waals surface area contributed by atoms with Gasteiger partial charge in [-0.3, -0.25) is 0 Å². The molecule has 1 aliphatic rings. The second kappa shape index (κ2) is 5.89. The van der Waals surface area contributed by atoms with Crippen LogP contribution in [-0.4, -0.2) is 35.3 Å². The van der Waals surface area contributed by atoms with Crippen molar-refractivity contribution in [2.75, 3.05) is 12.8 Å². The Labute approximate surface area is 85.5 Å². The molecule has 1 saturated carbocycles. The van der Waals surface area contributed by atoms with Crippen LogP contribution in [0.4, 0.5) is 0 Å². The van der Waals surface area contributed by atoms with Crippen LogP contribution >= 0.6 is 11.8 Å². The van der Waals surface area contributed by atoms with Crippen molar-refractivity contribution in [1.29, 1.82) is 0 Å². The summed E-state index contributed by atoms with van der Waals surface area (Å²) >= 11 is 1.96. The molecule has 0 heterocycles. The standard InChI is InChI=1S/C10H21NOS/c1-8(12)7-11-9-5-3-4-6-10(9)13-2/h8-12H,3-7H2,1-2H3/t8-,9?,10?/m1/s1. The van der Waals surface area contributed by atoms with Crippen LogP contribution in [0.3, 0.4) is 0 Å². The van der Waals surface area contributed by atoms with Crippen molar-refractivity contribution in [1.82, 2.24) is 5.32 Å². The molecule has 0 aromatic heterocycles. The topological polar surface area (TPSA) is 32.3 Å². The van der Waals surface area contributed by atoms with E-state index in [2.05, 4.69) is 11.6 Å². The first-order chi connectivity index (χ1) is 6.24. The van der Waals surface area contributed by atoms with Crippen molar-refractivity contribution in [3.05, 3.63) is 0 Å². The van der Waals surface area contributed by atoms with Crippen LogP contribution < -0.4 is 5.32 Å². The number of hydrogen-bond acceptors (Lipinski definition) is 3. The fourth-order valence-corrected chi connectivity index (χ4v) is 2.90. The van der Waals surface area contributed by atoms with Crippen molar-refractivity contribution in [3.8, 4) is 0 Å². The zero-order valence-corrected chi connectivity index (χ0v) is 9.44. The lowest BCUT2D eigenvalue weighted by atomic mass is 9.95. The Balaban J connectivity index is 2.27. The van der Waals surface area contributed by atoms with Gasteiger partial charge in [0.25, 0.3) is 0 Å². The van der Waals surface area contributed by atoms with Crippen molar-refractivity contribution in [2.45, 2.75) is 50.0 Å². The van der Waals surface area contributed by atoms with Gasteiger partial charge in [0.15, 0.2) is 0 Å². The molecule has 0 amide bonds. The van der Waals surface area contributed by atoms with Crippen molar-refractivity contribution in [2.24, 2.45) is 0 Å². The van der Waals surface area contributed by atoms with Crippen LogP contribution in [0.25, 0.3) is 0 Å². The number of rotatable bonds is 4. The normalized spacial score (nSPS) is 31.6. The SMILES string of the molecule is CSC1CCCCC1NC[C@@H](C)O. The van der Waals surface area contributed by atoms with Crippen molar-refractivity contribution < 1.29 is 5.11 Å². The van der Waals surface area contributed by atoms with E-state index in [4.69, 9.17) is 0 Å². The Morgan fingerprint density at radius 2 is 2.15 bits per heavy atom. The van der Waals surface area contributed by atoms with Gasteiger partial charge in [-0.15, -0.1) is 0 Å². The highest BCUT2D eigenvalue weighted by atomic mass is 32.2. The maximum absolute atomic E-state index is 9.17. The first kappa shape index (κ1) is 11.3. The summed E-state index contributed by atoms with van der Waals surface area (Å²) in [5.41, 5.74) is 0. The lowest BCUT2D eigenvalue weighted by molar-refractivity contribution is 0.182. The van der Waals surface area contributed by atoms with Gasteiger partial charge >= 0.3 is 0 Å². The Kier molecular flexibility index (Phi) is 5.14. The molecule has 3 heteroatoms. The molecule has 1 fully saturated rings. The molecule has 2 N–H and O–H groups in total. The first-order valence-electron chi connectivity index (χ1n) is 5.18. The van der Waals surface area contributed by atoms with E-state index in [1.165, 1.54) is 25.7 Å². The molecule has 2 unspecified atom stereocenters. The highest BCUT2D eigenvalue weighted by molar-refractivity contribution is 7.99. The van der Waals surface area contributed by atoms with Crippen LogP contribution in [0.2, 0.25) is 0 Å². The van der Waals surface area contributed by atoms with Crippen molar-refractivity contribution >= 4 is 11.8 Å². The van der Waals surface area contributed by atoms with E-state index in [0.717, 1.165) is 11.8 Å². The summed E-state index contributed by atoms with van der Waals surface area (Å²) in [5, 5.41) is 13.4. The minimum atomic E-state index is -0.218. The van der Waals surface area contributed by atoms with E-state index >= 15 is 0 Å². The fourth-order valence-electron chi connectivity index (χ4n) is 1.93. The van der Waals surface area contributed by atoms with Crippen molar-refractivity contribution in [3.63, 3.8) is 0 Å². The zero-order chi connectivity index (χ0) is 9.68. The van der Waals surface area contributed by atoms with Crippen LogP contribution in [-0.2, 0) is 0 Å². The molecule has 3 atom stereocenters. The average Bonchev–Trinajstić information content (AvgIpc) is 2.15. The Morgan fingerprint density at radius 3 is 2.77 bits per heavy atom. The lowest BCUT2D eigenvalue weighted by Gasteiger charge is -2.31. The highest BCUT2D eigenvalue weighted by Crippen LogP contribution is 2.26. The molecule has 2 nitrogen and oxygen atoms in total. The van der Waals surface area contributed by atoms with E-state index in [9.17, 15) is 5.11 Å². The van der Waals surface area contributed by atoms with Crippen LogP contribution in [0.15, 0.2) is 0 Å². The molecule has 13 heavy (non-hydrogen) atoms. The molecule has 0 aromatic rings. The second-order valence-corrected chi connectivity index (χ2v) is 5.00. The molecule has 0 aromatic carbocycles. The third kappa shape index (κ3) is 3.88. The third-order valence-electron chi connectivity index (χ3n) is 2.68. The van der Waals surface area contributed by atoms with E-state index in [0.29, 0.717) is 6.04 Å². The van der Waals surface area contributed by atoms with Gasteiger partial charge in [0.05, 0.1) is 6.10 Å². The summed E-state index contributed by atoms with van der Waals surface area (Å²) < 4.78 is 0. The maximum atomic E-state index is 9.17. The molecule has 1 aliphatic carbocycles. The maximum Gasteiger partial charge on any atom is 0.0636 e. The molecule has 0 saturated heterocycles. The van der Waals surface area contributed by atoms with Crippen LogP contribution in [0, 0.1) is 0 Å². The molecule has 0 aliphatic heterocycles. The van der Waals surface area contributed by atoms with Gasteiger partial charge in [-0.25, -0.2) is 0 Å². The minimum absolute atomic E-state index is 0.218. The molecule has 78 valence electrons. The summed E-state index contributed by atoms with van der Waals surface area (Å²) in [6.07, 6.45) is 7.29. The summed E-state index contributed by atoms with van der Waals surface area (Å²) in [5.74, 6) is 0. The highest BCUT2D eigenvalue weighted by Gasteiger charge is 2.23. The monoisotopic (exact) mass is 203 g/mol. The number of aliphatic hydroxyl groups is 1. The average molecular weight is 203 g/mol. The van der Waals surface area contributed by atoms with E-state index in [1.807, 2.05) is 18.7 Å². The zero-order valence-electron chi connectivity index (χ0n) is 8.62. The number of hydrogen-bond donors (Lipinski definition) is 2. The largest absolute Gasteiger partial charge is 0.392 e. The summed E-state index contributed by atoms with van der Waals surface area (Å²) in [4.78, 5) is 0. The number of aliphatic hydroxyl groups excluding tert-OH is 1. The fraction of sp³-hybridized carbons (Fsp3) is 1.00. The van der Waals surface area contributed by atoms with Gasteiger partial charge in [0, 0.05) is 17.8 Å². The predicted molar refractivity (Wildman–Crippen MR) is 59.2 cm³/mol. The van der Waals surface area contributed by atoms with Gasteiger partial charge in [-0.2, -0.15) is 11.8 Å². The van der Waals surface area contributed by atoms with E-state index in [-0.39, 0.29) is 6.10 Å². The predicted octanol–water partition coefficient (Wildman–Crippen LogP) is 1.63. The second-order valence-electron chi connectivity index (χ2n) is 3.92. The summed E-state index contributed by atoms with van der Waals surface area (Å²) in [7, 11) is 0. The molecular formula is C10H21NOS. The number of nitrogens with one attached hydrogen (secondary N) is 1. The molecular weight excluding hydrogens is 182 g/mol. The van der Waals surface area contributed by atoms with Gasteiger partial charge in [-0.1, -0.05) is 12.8 Å². The van der Waals surface area contributed by atoms with Gasteiger partial charge in [0.1, 0.15) is 0 Å². The Morgan fingerprint density at radius 1 is 1.46 bits per heavy atom. The Hall–Kier alpha value is 0.270. The van der Waals surface area contributed by atoms with Crippen LogP contribution in [0.5, 0.6) is 0 Å². The molecule has 1 rings (SSSR count). The first-order valence-corrected chi connectivity index (χ1v) is 6.47. The number of thioether (sulfide) groups is 1. The van der Waals surface area contributed by atoms with E-state index < -0.39 is 0 Å². The molecule has 0 bridgehead atoms. The van der Waals surface area contributed by atoms with Gasteiger partial charge in [-0.05, 0) is 26.0 Å². The molecule has 0 radical (unpaired) electrons. The minimum Gasteiger partial charge on any atom is -0.392 e. The summed E-state index contributed by atoms with van der Waals surface area (Å²) in [6.45, 7) is 2.58. The third-order valence-corrected chi connectivity index (χ3v) is 3.85. The molecule has 0 spiro atoms. The van der Waals surface area contributed by atoms with Crippen LogP contribution in [0.1, 0.15) is 32.6 Å².